The quantitative estimate of drug-likeness (QED) is 0.662. The van der Waals surface area contributed by atoms with E-state index in [2.05, 4.69) is 4.74 Å². The van der Waals surface area contributed by atoms with Crippen LogP contribution in [0.4, 0.5) is 13.2 Å². The van der Waals surface area contributed by atoms with Gasteiger partial charge in [-0.2, -0.15) is 13.2 Å². The lowest BCUT2D eigenvalue weighted by Gasteiger charge is -2.31. The zero-order valence-electron chi connectivity index (χ0n) is 8.84. The molecule has 90 valence electrons. The number of alkyl halides is 3. The summed E-state index contributed by atoms with van der Waals surface area (Å²) >= 11 is 1.19. The number of thioether (sulfide) groups is 1. The maximum absolute atomic E-state index is 12.8. The summed E-state index contributed by atoms with van der Waals surface area (Å²) < 4.78 is 43.0. The number of rotatable bonds is 3. The summed E-state index contributed by atoms with van der Waals surface area (Å²) in [5.41, 5.74) is 2.48. The number of halogens is 3. The Morgan fingerprint density at radius 2 is 1.81 bits per heavy atom. The number of hydrogen-bond acceptors (Lipinski definition) is 3. The highest BCUT2D eigenvalue weighted by molar-refractivity contribution is 7.98. The molecule has 0 saturated heterocycles. The van der Waals surface area contributed by atoms with Gasteiger partial charge >= 0.3 is 6.18 Å². The van der Waals surface area contributed by atoms with Gasteiger partial charge in [0.25, 0.3) is 0 Å². The normalized spacial score (nSPS) is 15.9. The maximum atomic E-state index is 12.8. The first-order valence-corrected chi connectivity index (χ1v) is 5.63. The molecule has 16 heavy (non-hydrogen) atoms. The molecule has 2 N–H and O–H groups in total. The minimum Gasteiger partial charge on any atom is -0.352 e. The first-order valence-electron chi connectivity index (χ1n) is 4.41. The van der Waals surface area contributed by atoms with Crippen LogP contribution in [0.3, 0.4) is 0 Å². The Morgan fingerprint density at radius 1 is 1.25 bits per heavy atom. The molecule has 1 rings (SSSR count). The van der Waals surface area contributed by atoms with Crippen LogP contribution in [-0.4, -0.2) is 19.5 Å². The van der Waals surface area contributed by atoms with Crippen molar-refractivity contribution in [3.63, 3.8) is 0 Å². The van der Waals surface area contributed by atoms with E-state index in [1.165, 1.54) is 23.9 Å². The minimum atomic E-state index is -4.66. The molecule has 1 atom stereocenters. The van der Waals surface area contributed by atoms with E-state index in [4.69, 9.17) is 5.73 Å². The molecule has 0 radical (unpaired) electrons. The van der Waals surface area contributed by atoms with Gasteiger partial charge in [0.05, 0.1) is 0 Å². The highest BCUT2D eigenvalue weighted by Crippen LogP contribution is 2.40. The second-order valence-corrected chi connectivity index (χ2v) is 3.99. The van der Waals surface area contributed by atoms with Gasteiger partial charge in [0, 0.05) is 17.6 Å². The van der Waals surface area contributed by atoms with E-state index < -0.39 is 11.9 Å². The first kappa shape index (κ1) is 13.3. The third kappa shape index (κ3) is 2.18. The topological polar surface area (TPSA) is 35.2 Å². The average molecular weight is 251 g/mol. The summed E-state index contributed by atoms with van der Waals surface area (Å²) in [5, 5.41) is 0. The number of methoxy groups -OCH3 is 1. The van der Waals surface area contributed by atoms with Crippen LogP contribution in [0.5, 0.6) is 0 Å². The molecule has 1 unspecified atom stereocenters. The molecule has 0 aliphatic heterocycles. The maximum Gasteiger partial charge on any atom is 0.435 e. The van der Waals surface area contributed by atoms with Crippen molar-refractivity contribution in [1.82, 2.24) is 0 Å². The summed E-state index contributed by atoms with van der Waals surface area (Å²) in [6, 6.07) is 6.05. The van der Waals surface area contributed by atoms with Crippen molar-refractivity contribution in [3.05, 3.63) is 29.8 Å². The van der Waals surface area contributed by atoms with E-state index in [9.17, 15) is 13.2 Å². The lowest BCUT2D eigenvalue weighted by atomic mass is 10.0. The van der Waals surface area contributed by atoms with Gasteiger partial charge in [0.1, 0.15) is 0 Å². The third-order valence-corrected chi connectivity index (χ3v) is 3.05. The Bertz CT molecular complexity index is 369. The molecule has 0 aromatic heterocycles. The van der Waals surface area contributed by atoms with Crippen LogP contribution >= 0.6 is 11.8 Å². The molecule has 0 fully saturated rings. The lowest BCUT2D eigenvalue weighted by Crippen LogP contribution is -2.52. The van der Waals surface area contributed by atoms with Crippen LogP contribution in [0.2, 0.25) is 0 Å². The molecule has 6 heteroatoms. The number of nitrogens with two attached hydrogens (primary N) is 1. The Balaban J connectivity index is 3.33. The standard InChI is InChI=1S/C10H12F3NOS/c1-15-9(14,10(11,12)13)7-5-3-4-6-8(7)16-2/h3-6H,14H2,1-2H3. The van der Waals surface area contributed by atoms with Crippen molar-refractivity contribution in [2.75, 3.05) is 13.4 Å². The van der Waals surface area contributed by atoms with Crippen LogP contribution in [-0.2, 0) is 10.5 Å². The predicted molar refractivity (Wildman–Crippen MR) is 57.2 cm³/mol. The van der Waals surface area contributed by atoms with E-state index in [1.54, 1.807) is 18.4 Å². The fourth-order valence-electron chi connectivity index (χ4n) is 1.33. The summed E-state index contributed by atoms with van der Waals surface area (Å²) in [5.74, 6) is 0. The number of ether oxygens (including phenoxy) is 1. The Kier molecular flexibility index (Phi) is 3.88. The molecular weight excluding hydrogens is 239 g/mol. The second-order valence-electron chi connectivity index (χ2n) is 3.14. The van der Waals surface area contributed by atoms with Gasteiger partial charge in [0.2, 0.25) is 5.72 Å². The van der Waals surface area contributed by atoms with E-state index in [1.807, 2.05) is 0 Å². The minimum absolute atomic E-state index is 0.0718. The molecule has 0 amide bonds. The molecular formula is C10H12F3NOS. The summed E-state index contributed by atoms with van der Waals surface area (Å²) in [6.07, 6.45) is -2.97. The first-order chi connectivity index (χ1) is 7.36. The Hall–Kier alpha value is -0.720. The molecule has 0 aliphatic rings. The van der Waals surface area contributed by atoms with E-state index >= 15 is 0 Å². The lowest BCUT2D eigenvalue weighted by molar-refractivity contribution is -0.275. The van der Waals surface area contributed by atoms with Gasteiger partial charge in [-0.15, -0.1) is 11.8 Å². The SMILES string of the molecule is COC(N)(c1ccccc1SC)C(F)(F)F. The summed E-state index contributed by atoms with van der Waals surface area (Å²) in [7, 11) is 0.949. The van der Waals surface area contributed by atoms with Crippen LogP contribution in [0.1, 0.15) is 5.56 Å². The Labute approximate surface area is 96.0 Å². The van der Waals surface area contributed by atoms with Crippen molar-refractivity contribution in [1.29, 1.82) is 0 Å². The molecule has 0 saturated carbocycles. The van der Waals surface area contributed by atoms with Crippen molar-refractivity contribution in [2.45, 2.75) is 16.8 Å². The zero-order chi connectivity index (χ0) is 12.4. The summed E-state index contributed by atoms with van der Waals surface area (Å²) in [4.78, 5) is 0.448. The number of hydrogen-bond donors (Lipinski definition) is 1. The van der Waals surface area contributed by atoms with Crippen molar-refractivity contribution < 1.29 is 17.9 Å². The predicted octanol–water partition coefficient (Wildman–Crippen LogP) is 2.73. The molecule has 0 spiro atoms. The van der Waals surface area contributed by atoms with Gasteiger partial charge in [-0.3, -0.25) is 5.73 Å². The highest BCUT2D eigenvalue weighted by atomic mass is 32.2. The monoisotopic (exact) mass is 251 g/mol. The molecule has 1 aromatic carbocycles. The summed E-state index contributed by atoms with van der Waals surface area (Å²) in [6.45, 7) is 0. The van der Waals surface area contributed by atoms with Crippen molar-refractivity contribution in [2.24, 2.45) is 5.73 Å². The Morgan fingerprint density at radius 3 is 2.25 bits per heavy atom. The van der Waals surface area contributed by atoms with Gasteiger partial charge in [-0.1, -0.05) is 18.2 Å². The van der Waals surface area contributed by atoms with Crippen LogP contribution < -0.4 is 5.73 Å². The van der Waals surface area contributed by atoms with Gasteiger partial charge in [0.15, 0.2) is 0 Å². The fraction of sp³-hybridized carbons (Fsp3) is 0.400. The molecule has 0 aliphatic carbocycles. The van der Waals surface area contributed by atoms with E-state index in [-0.39, 0.29) is 5.56 Å². The van der Waals surface area contributed by atoms with Crippen LogP contribution in [0.15, 0.2) is 29.2 Å². The van der Waals surface area contributed by atoms with Crippen LogP contribution in [0.25, 0.3) is 0 Å². The van der Waals surface area contributed by atoms with Gasteiger partial charge in [-0.25, -0.2) is 0 Å². The smallest absolute Gasteiger partial charge is 0.352 e. The second kappa shape index (κ2) is 4.65. The largest absolute Gasteiger partial charge is 0.435 e. The zero-order valence-corrected chi connectivity index (χ0v) is 9.65. The molecule has 1 aromatic rings. The van der Waals surface area contributed by atoms with E-state index in [0.717, 1.165) is 7.11 Å². The fourth-order valence-corrected chi connectivity index (χ4v) is 1.98. The molecule has 0 heterocycles. The average Bonchev–Trinajstić information content (AvgIpc) is 2.26. The number of benzene rings is 1. The van der Waals surface area contributed by atoms with Crippen molar-refractivity contribution >= 4 is 11.8 Å². The molecule has 0 bridgehead atoms. The molecule has 2 nitrogen and oxygen atoms in total. The van der Waals surface area contributed by atoms with Crippen LogP contribution in [0, 0.1) is 0 Å². The van der Waals surface area contributed by atoms with E-state index in [0.29, 0.717) is 4.90 Å². The third-order valence-electron chi connectivity index (χ3n) is 2.25. The highest BCUT2D eigenvalue weighted by Gasteiger charge is 2.55. The van der Waals surface area contributed by atoms with Crippen molar-refractivity contribution in [3.8, 4) is 0 Å². The van der Waals surface area contributed by atoms with Gasteiger partial charge < -0.3 is 4.74 Å². The van der Waals surface area contributed by atoms with Gasteiger partial charge in [-0.05, 0) is 12.3 Å².